The highest BCUT2D eigenvalue weighted by Crippen LogP contribution is 2.34. The Morgan fingerprint density at radius 1 is 1.33 bits per heavy atom. The van der Waals surface area contributed by atoms with E-state index in [2.05, 4.69) is 0 Å². The summed E-state index contributed by atoms with van der Waals surface area (Å²) in [5, 5.41) is 18.9. The number of esters is 1. The van der Waals surface area contributed by atoms with E-state index < -0.39 is 5.92 Å². The molecular weight excluding hydrogens is 196 g/mol. The van der Waals surface area contributed by atoms with Crippen molar-refractivity contribution in [1.82, 2.24) is 0 Å². The van der Waals surface area contributed by atoms with Crippen molar-refractivity contribution in [3.8, 4) is 11.5 Å². The van der Waals surface area contributed by atoms with Crippen molar-refractivity contribution in [3.63, 3.8) is 0 Å². The molecular formula is C11H12O4. The van der Waals surface area contributed by atoms with E-state index in [0.717, 1.165) is 6.42 Å². The Morgan fingerprint density at radius 3 is 2.87 bits per heavy atom. The third-order valence-electron chi connectivity index (χ3n) is 2.55. The minimum atomic E-state index is -0.453. The summed E-state index contributed by atoms with van der Waals surface area (Å²) < 4.78 is 4.91. The van der Waals surface area contributed by atoms with E-state index in [-0.39, 0.29) is 17.5 Å². The third-order valence-corrected chi connectivity index (χ3v) is 2.55. The topological polar surface area (TPSA) is 66.8 Å². The van der Waals surface area contributed by atoms with Crippen LogP contribution < -0.4 is 0 Å². The first-order valence-corrected chi connectivity index (χ1v) is 4.87. The van der Waals surface area contributed by atoms with Crippen LogP contribution in [0, 0.1) is 0 Å². The average molecular weight is 208 g/mol. The Balaban J connectivity index is 2.34. The number of benzene rings is 1. The van der Waals surface area contributed by atoms with Gasteiger partial charge in [-0.2, -0.15) is 0 Å². The van der Waals surface area contributed by atoms with Crippen molar-refractivity contribution in [1.29, 1.82) is 0 Å². The highest BCUT2D eigenvalue weighted by atomic mass is 16.5. The lowest BCUT2D eigenvalue weighted by Crippen LogP contribution is -2.22. The van der Waals surface area contributed by atoms with Crippen molar-refractivity contribution in [2.75, 3.05) is 6.61 Å². The molecule has 1 aliphatic rings. The predicted molar refractivity (Wildman–Crippen MR) is 52.7 cm³/mol. The van der Waals surface area contributed by atoms with Gasteiger partial charge in [-0.3, -0.25) is 4.79 Å². The zero-order valence-corrected chi connectivity index (χ0v) is 8.14. The molecule has 80 valence electrons. The van der Waals surface area contributed by atoms with E-state index >= 15 is 0 Å². The fraction of sp³-hybridized carbons (Fsp3) is 0.364. The molecule has 15 heavy (non-hydrogen) atoms. The lowest BCUT2D eigenvalue weighted by atomic mass is 9.92. The van der Waals surface area contributed by atoms with E-state index in [0.29, 0.717) is 18.6 Å². The van der Waals surface area contributed by atoms with Gasteiger partial charge >= 0.3 is 5.97 Å². The zero-order chi connectivity index (χ0) is 10.8. The maximum atomic E-state index is 11.4. The number of hydrogen-bond acceptors (Lipinski definition) is 4. The van der Waals surface area contributed by atoms with Gasteiger partial charge in [0.2, 0.25) is 0 Å². The standard InChI is InChI=1S/C11H12O4/c12-7-3-4-10(13)9(6-7)8-2-1-5-15-11(8)14/h3-4,6,8,12-13H,1-2,5H2/t8-/m1/s1. The monoisotopic (exact) mass is 208 g/mol. The molecule has 0 unspecified atom stereocenters. The first kappa shape index (κ1) is 9.83. The Bertz CT molecular complexity index is 386. The normalized spacial score (nSPS) is 21.1. The first-order chi connectivity index (χ1) is 7.18. The Kier molecular flexibility index (Phi) is 2.49. The van der Waals surface area contributed by atoms with Gasteiger partial charge in [-0.05, 0) is 31.0 Å². The summed E-state index contributed by atoms with van der Waals surface area (Å²) in [4.78, 5) is 11.4. The van der Waals surface area contributed by atoms with E-state index in [1.807, 2.05) is 0 Å². The number of ether oxygens (including phenoxy) is 1. The van der Waals surface area contributed by atoms with Crippen molar-refractivity contribution >= 4 is 5.97 Å². The number of cyclic esters (lactones) is 1. The van der Waals surface area contributed by atoms with Crippen LogP contribution in [0.5, 0.6) is 11.5 Å². The maximum absolute atomic E-state index is 11.4. The molecule has 4 nitrogen and oxygen atoms in total. The van der Waals surface area contributed by atoms with Crippen molar-refractivity contribution in [3.05, 3.63) is 23.8 Å². The van der Waals surface area contributed by atoms with Crippen LogP contribution >= 0.6 is 0 Å². The van der Waals surface area contributed by atoms with Gasteiger partial charge in [0.15, 0.2) is 0 Å². The number of carbonyl (C=O) groups excluding carboxylic acids is 1. The molecule has 4 heteroatoms. The number of rotatable bonds is 1. The molecule has 0 radical (unpaired) electrons. The minimum absolute atomic E-state index is 0.0247. The molecule has 1 saturated heterocycles. The van der Waals surface area contributed by atoms with Gasteiger partial charge in [0, 0.05) is 5.56 Å². The molecule has 2 rings (SSSR count). The molecule has 1 fully saturated rings. The largest absolute Gasteiger partial charge is 0.508 e. The van der Waals surface area contributed by atoms with Gasteiger partial charge in [-0.25, -0.2) is 0 Å². The Morgan fingerprint density at radius 2 is 2.13 bits per heavy atom. The number of aromatic hydroxyl groups is 2. The molecule has 0 amide bonds. The van der Waals surface area contributed by atoms with Crippen LogP contribution in [0.25, 0.3) is 0 Å². The number of hydrogen-bond donors (Lipinski definition) is 2. The molecule has 0 aromatic heterocycles. The second-order valence-electron chi connectivity index (χ2n) is 3.61. The molecule has 0 saturated carbocycles. The smallest absolute Gasteiger partial charge is 0.313 e. The van der Waals surface area contributed by atoms with E-state index in [1.165, 1.54) is 18.2 Å². The van der Waals surface area contributed by atoms with Crippen LogP contribution in [0.1, 0.15) is 24.3 Å². The highest BCUT2D eigenvalue weighted by molar-refractivity contribution is 5.79. The second-order valence-corrected chi connectivity index (χ2v) is 3.61. The minimum Gasteiger partial charge on any atom is -0.508 e. The Labute approximate surface area is 87.1 Å². The molecule has 0 aliphatic carbocycles. The molecule has 1 atom stereocenters. The molecule has 1 aliphatic heterocycles. The molecule has 0 bridgehead atoms. The van der Waals surface area contributed by atoms with Crippen molar-refractivity contribution in [2.24, 2.45) is 0 Å². The summed E-state index contributed by atoms with van der Waals surface area (Å²) >= 11 is 0. The quantitative estimate of drug-likeness (QED) is 0.542. The molecule has 2 N–H and O–H groups in total. The molecule has 1 aromatic rings. The van der Waals surface area contributed by atoms with Crippen LogP contribution in [-0.4, -0.2) is 22.8 Å². The van der Waals surface area contributed by atoms with Crippen LogP contribution in [-0.2, 0) is 9.53 Å². The van der Waals surface area contributed by atoms with Gasteiger partial charge in [0.05, 0.1) is 12.5 Å². The third kappa shape index (κ3) is 1.88. The SMILES string of the molecule is O=C1OCCC[C@@H]1c1cc(O)ccc1O. The fourth-order valence-electron chi connectivity index (χ4n) is 1.78. The van der Waals surface area contributed by atoms with Crippen LogP contribution in [0.4, 0.5) is 0 Å². The van der Waals surface area contributed by atoms with E-state index in [4.69, 9.17) is 4.74 Å². The molecule has 0 spiro atoms. The maximum Gasteiger partial charge on any atom is 0.313 e. The lowest BCUT2D eigenvalue weighted by molar-refractivity contribution is -0.149. The van der Waals surface area contributed by atoms with Gasteiger partial charge < -0.3 is 14.9 Å². The zero-order valence-electron chi connectivity index (χ0n) is 8.14. The second kappa shape index (κ2) is 3.81. The van der Waals surface area contributed by atoms with Crippen LogP contribution in [0.15, 0.2) is 18.2 Å². The van der Waals surface area contributed by atoms with Crippen LogP contribution in [0.2, 0.25) is 0 Å². The number of carbonyl (C=O) groups is 1. The summed E-state index contributed by atoms with van der Waals surface area (Å²) in [6.45, 7) is 0.439. The number of phenolic OH excluding ortho intramolecular Hbond substituents is 2. The van der Waals surface area contributed by atoms with Crippen molar-refractivity contribution < 1.29 is 19.7 Å². The van der Waals surface area contributed by atoms with E-state index in [9.17, 15) is 15.0 Å². The summed E-state index contributed by atoms with van der Waals surface area (Å²) in [6, 6.07) is 4.17. The summed E-state index contributed by atoms with van der Waals surface area (Å²) in [5.74, 6) is -0.717. The average Bonchev–Trinajstić information content (AvgIpc) is 2.23. The summed E-state index contributed by atoms with van der Waals surface area (Å²) in [6.07, 6.45) is 1.43. The summed E-state index contributed by atoms with van der Waals surface area (Å²) in [5.41, 5.74) is 0.444. The lowest BCUT2D eigenvalue weighted by Gasteiger charge is -2.21. The van der Waals surface area contributed by atoms with Crippen LogP contribution in [0.3, 0.4) is 0 Å². The molecule has 1 aromatic carbocycles. The Hall–Kier alpha value is -1.71. The number of phenols is 2. The molecule has 1 heterocycles. The predicted octanol–water partition coefficient (Wildman–Crippen LogP) is 1.52. The summed E-state index contributed by atoms with van der Waals surface area (Å²) in [7, 11) is 0. The van der Waals surface area contributed by atoms with Gasteiger partial charge in [0.25, 0.3) is 0 Å². The first-order valence-electron chi connectivity index (χ1n) is 4.87. The van der Waals surface area contributed by atoms with Gasteiger partial charge in [-0.15, -0.1) is 0 Å². The van der Waals surface area contributed by atoms with Crippen molar-refractivity contribution in [2.45, 2.75) is 18.8 Å². The van der Waals surface area contributed by atoms with E-state index in [1.54, 1.807) is 0 Å². The fourth-order valence-corrected chi connectivity index (χ4v) is 1.78. The van der Waals surface area contributed by atoms with Gasteiger partial charge in [0.1, 0.15) is 11.5 Å². The highest BCUT2D eigenvalue weighted by Gasteiger charge is 2.28. The van der Waals surface area contributed by atoms with Gasteiger partial charge in [-0.1, -0.05) is 0 Å².